The van der Waals surface area contributed by atoms with E-state index >= 15 is 0 Å². The summed E-state index contributed by atoms with van der Waals surface area (Å²) < 4.78 is 35.5. The van der Waals surface area contributed by atoms with E-state index in [4.69, 9.17) is 21.3 Å². The highest BCUT2D eigenvalue weighted by Crippen LogP contribution is 2.43. The lowest BCUT2D eigenvalue weighted by Crippen LogP contribution is -2.38. The summed E-state index contributed by atoms with van der Waals surface area (Å²) >= 11 is 7.15. The average molecular weight is 717 g/mol. The second-order valence-corrected chi connectivity index (χ2v) is 13.2. The highest BCUT2D eigenvalue weighted by atomic mass is 35.5. The van der Waals surface area contributed by atoms with Gasteiger partial charge in [-0.1, -0.05) is 41.9 Å². The number of hydrogen-bond acceptors (Lipinski definition) is 9. The molecule has 0 saturated carbocycles. The Labute approximate surface area is 295 Å². The van der Waals surface area contributed by atoms with Gasteiger partial charge in [0.05, 0.1) is 17.8 Å². The van der Waals surface area contributed by atoms with Gasteiger partial charge in [0.1, 0.15) is 11.2 Å². The van der Waals surface area contributed by atoms with E-state index in [1.165, 1.54) is 14.1 Å². The number of halogens is 3. The molecule has 5 aromatic rings. The van der Waals surface area contributed by atoms with Crippen LogP contribution in [0.5, 0.6) is 5.88 Å². The van der Waals surface area contributed by atoms with E-state index in [9.17, 15) is 23.2 Å². The van der Waals surface area contributed by atoms with Gasteiger partial charge in [0.25, 0.3) is 12.0 Å². The van der Waals surface area contributed by atoms with Gasteiger partial charge in [-0.15, -0.1) is 0 Å². The Bertz CT molecular complexity index is 2340. The van der Waals surface area contributed by atoms with Gasteiger partial charge in [0.15, 0.2) is 11.5 Å². The molecule has 1 unspecified atom stereocenters. The molecular weight excluding hydrogens is 682 g/mol. The summed E-state index contributed by atoms with van der Waals surface area (Å²) in [6, 6.07) is 13.2. The normalized spacial score (nSPS) is 16.9. The molecule has 264 valence electrons. The summed E-state index contributed by atoms with van der Waals surface area (Å²) in [6.45, 7) is 2.51. The van der Waals surface area contributed by atoms with Crippen LogP contribution in [0.25, 0.3) is 33.4 Å². The quantitative estimate of drug-likeness (QED) is 0.186. The van der Waals surface area contributed by atoms with Crippen LogP contribution in [0.2, 0.25) is 5.02 Å². The molecule has 2 atom stereocenters. The smallest absolute Gasteiger partial charge is 0.332 e. The molecule has 1 fully saturated rings. The minimum atomic E-state index is -3.04. The molecule has 3 aromatic heterocycles. The van der Waals surface area contributed by atoms with Crippen molar-refractivity contribution < 1.29 is 18.3 Å². The standard InChI is InChI=1S/C36H35ClF2N8O4/c1-17-20(7-6-10-23(17)42-31-28-33(45-32(44-31)30(38)39)46(2)36(50)47(3)35(28)49)21-8-5-9-22(29(21)37)25-15-18-11-13-24(27(18)34(43-25)51-4)40-16-19-12-14-26(48)41-19/h5-10,15,19,24,30,40H,11-14,16H2,1-4H3,(H,41,48)(H,42,44,45)/t19-,24?/m0/s1. The molecule has 0 radical (unpaired) electrons. The molecule has 1 amide bonds. The molecule has 1 saturated heterocycles. The van der Waals surface area contributed by atoms with Gasteiger partial charge in [0.2, 0.25) is 11.8 Å². The number of ether oxygens (including phenoxy) is 1. The summed E-state index contributed by atoms with van der Waals surface area (Å²) in [5.41, 5.74) is 4.48. The predicted molar refractivity (Wildman–Crippen MR) is 190 cm³/mol. The first-order chi connectivity index (χ1) is 24.5. The largest absolute Gasteiger partial charge is 0.481 e. The van der Waals surface area contributed by atoms with Gasteiger partial charge in [-0.3, -0.25) is 18.7 Å². The van der Waals surface area contributed by atoms with Crippen LogP contribution in [0.15, 0.2) is 52.1 Å². The number of amides is 1. The third-order valence-electron chi connectivity index (χ3n) is 9.71. The third kappa shape index (κ3) is 6.12. The summed E-state index contributed by atoms with van der Waals surface area (Å²) in [5, 5.41) is 10.0. The zero-order valence-corrected chi connectivity index (χ0v) is 29.1. The van der Waals surface area contributed by atoms with Crippen LogP contribution in [0.1, 0.15) is 54.2 Å². The average Bonchev–Trinajstić information content (AvgIpc) is 3.74. The van der Waals surface area contributed by atoms with Crippen molar-refractivity contribution in [1.82, 2.24) is 34.7 Å². The topological polar surface area (TPSA) is 145 Å². The van der Waals surface area contributed by atoms with Gasteiger partial charge in [-0.25, -0.2) is 28.5 Å². The molecule has 2 aromatic carbocycles. The molecular formula is C36H35ClF2N8O4. The lowest BCUT2D eigenvalue weighted by Gasteiger charge is -2.20. The number of fused-ring (bicyclic) bond motifs is 2. The van der Waals surface area contributed by atoms with Crippen molar-refractivity contribution >= 4 is 40.0 Å². The van der Waals surface area contributed by atoms with Crippen molar-refractivity contribution in [3.05, 3.63) is 90.8 Å². The summed E-state index contributed by atoms with van der Waals surface area (Å²) in [4.78, 5) is 50.2. The van der Waals surface area contributed by atoms with E-state index in [2.05, 4.69) is 25.9 Å². The Morgan fingerprint density at radius 3 is 2.47 bits per heavy atom. The lowest BCUT2D eigenvalue weighted by molar-refractivity contribution is -0.119. The maximum Gasteiger partial charge on any atom is 0.332 e. The van der Waals surface area contributed by atoms with Gasteiger partial charge in [-0.05, 0) is 55.0 Å². The molecule has 7 rings (SSSR count). The molecule has 1 aliphatic heterocycles. The molecule has 1 aliphatic carbocycles. The Balaban J connectivity index is 1.24. The van der Waals surface area contributed by atoms with E-state index in [-0.39, 0.29) is 34.8 Å². The summed E-state index contributed by atoms with van der Waals surface area (Å²) in [5.74, 6) is -0.374. The highest BCUT2D eigenvalue weighted by molar-refractivity contribution is 6.36. The lowest BCUT2D eigenvalue weighted by atomic mass is 9.96. The van der Waals surface area contributed by atoms with Gasteiger partial charge >= 0.3 is 5.69 Å². The third-order valence-corrected chi connectivity index (χ3v) is 10.1. The number of hydrogen-bond donors (Lipinski definition) is 3. The number of benzene rings is 2. The van der Waals surface area contributed by atoms with Crippen molar-refractivity contribution in [2.45, 2.75) is 51.1 Å². The molecule has 2 aliphatic rings. The van der Waals surface area contributed by atoms with Crippen molar-refractivity contribution in [2.75, 3.05) is 19.0 Å². The van der Waals surface area contributed by atoms with Crippen LogP contribution in [0.4, 0.5) is 20.3 Å². The fraction of sp³-hybridized carbons (Fsp3) is 0.333. The van der Waals surface area contributed by atoms with E-state index in [0.717, 1.165) is 45.1 Å². The van der Waals surface area contributed by atoms with Gasteiger partial charge < -0.3 is 20.7 Å². The number of pyridine rings is 1. The summed E-state index contributed by atoms with van der Waals surface area (Å²) in [7, 11) is 4.26. The van der Waals surface area contributed by atoms with Gasteiger partial charge in [-0.2, -0.15) is 0 Å². The van der Waals surface area contributed by atoms with E-state index in [1.807, 2.05) is 37.3 Å². The zero-order valence-electron chi connectivity index (χ0n) is 28.3. The van der Waals surface area contributed by atoms with Crippen molar-refractivity contribution in [3.63, 3.8) is 0 Å². The fourth-order valence-electron chi connectivity index (χ4n) is 7.01. The number of anilines is 2. The molecule has 0 bridgehead atoms. The van der Waals surface area contributed by atoms with Crippen molar-refractivity contribution in [3.8, 4) is 28.3 Å². The number of methoxy groups -OCH3 is 1. The molecule has 51 heavy (non-hydrogen) atoms. The van der Waals surface area contributed by atoms with Crippen LogP contribution < -0.4 is 31.9 Å². The minimum absolute atomic E-state index is 0.0440. The van der Waals surface area contributed by atoms with Crippen molar-refractivity contribution in [1.29, 1.82) is 0 Å². The van der Waals surface area contributed by atoms with Gasteiger partial charge in [0, 0.05) is 61.5 Å². The first-order valence-corrected chi connectivity index (χ1v) is 16.9. The number of rotatable bonds is 9. The van der Waals surface area contributed by atoms with E-state index < -0.39 is 23.5 Å². The van der Waals surface area contributed by atoms with Crippen LogP contribution in [-0.2, 0) is 25.3 Å². The Hall–Kier alpha value is -5.21. The molecule has 0 spiro atoms. The molecule has 3 N–H and O–H groups in total. The summed E-state index contributed by atoms with van der Waals surface area (Å²) in [6.07, 6.45) is 0.00727. The number of carbonyl (C=O) groups excluding carboxylic acids is 1. The minimum Gasteiger partial charge on any atom is -0.481 e. The highest BCUT2D eigenvalue weighted by Gasteiger charge is 2.30. The Morgan fingerprint density at radius 1 is 1.00 bits per heavy atom. The molecule has 15 heteroatoms. The number of carbonyl (C=O) groups is 1. The van der Waals surface area contributed by atoms with Crippen LogP contribution in [0, 0.1) is 6.92 Å². The fourth-order valence-corrected chi connectivity index (χ4v) is 7.33. The monoisotopic (exact) mass is 716 g/mol. The maximum atomic E-state index is 13.9. The van der Waals surface area contributed by atoms with Crippen molar-refractivity contribution in [2.24, 2.45) is 14.1 Å². The maximum absolute atomic E-state index is 13.9. The van der Waals surface area contributed by atoms with E-state index in [1.54, 1.807) is 19.2 Å². The first-order valence-electron chi connectivity index (χ1n) is 16.5. The number of nitrogens with one attached hydrogen (secondary N) is 3. The molecule has 12 nitrogen and oxygen atoms in total. The second-order valence-electron chi connectivity index (χ2n) is 12.8. The predicted octanol–water partition coefficient (Wildman–Crippen LogP) is 5.26. The van der Waals surface area contributed by atoms with Crippen LogP contribution in [0.3, 0.4) is 0 Å². The zero-order chi connectivity index (χ0) is 36.1. The molecule has 4 heterocycles. The Kier molecular flexibility index (Phi) is 9.06. The SMILES string of the molecule is COc1nc(-c2cccc(-c3cccc(Nc4nc(C(F)F)nc5c4c(=O)n(C)c(=O)n5C)c3C)c2Cl)cc2c1C(NC[C@@H]1CCC(=O)N1)CC2. The van der Waals surface area contributed by atoms with E-state index in [0.29, 0.717) is 51.9 Å². The Morgan fingerprint density at radius 2 is 1.75 bits per heavy atom. The number of aryl methyl sites for hydroxylation is 2. The number of alkyl halides is 2. The number of nitrogens with zero attached hydrogens (tertiary/aromatic N) is 5. The van der Waals surface area contributed by atoms with Crippen LogP contribution >= 0.6 is 11.6 Å². The van der Waals surface area contributed by atoms with Crippen LogP contribution in [-0.4, -0.2) is 49.7 Å². The number of aromatic nitrogens is 5. The first kappa shape index (κ1) is 34.2. The second kappa shape index (κ2) is 13.5.